The van der Waals surface area contributed by atoms with Gasteiger partial charge < -0.3 is 9.84 Å². The number of aliphatic hydroxyl groups is 1. The summed E-state index contributed by atoms with van der Waals surface area (Å²) in [5.74, 6) is -0.165. The first kappa shape index (κ1) is 18.4. The van der Waals surface area contributed by atoms with Gasteiger partial charge in [0.2, 0.25) is 0 Å². The van der Waals surface area contributed by atoms with Crippen LogP contribution < -0.4 is 5.32 Å². The van der Waals surface area contributed by atoms with Crippen molar-refractivity contribution in [1.82, 2.24) is 10.2 Å². The van der Waals surface area contributed by atoms with Crippen LogP contribution in [0.25, 0.3) is 0 Å². The molecule has 1 aromatic rings. The van der Waals surface area contributed by atoms with Crippen LogP contribution in [0.5, 0.6) is 0 Å². The summed E-state index contributed by atoms with van der Waals surface area (Å²) in [6.07, 6.45) is -0.912. The van der Waals surface area contributed by atoms with E-state index in [1.165, 1.54) is 0 Å². The number of rotatable bonds is 5. The predicted molar refractivity (Wildman–Crippen MR) is 90.9 cm³/mol. The smallest absolute Gasteiger partial charge is 0.183 e. The van der Waals surface area contributed by atoms with Crippen molar-refractivity contribution in [3.63, 3.8) is 0 Å². The Bertz CT molecular complexity index is 539. The molecular weight excluding hydrogens is 316 g/mol. The van der Waals surface area contributed by atoms with E-state index in [0.29, 0.717) is 36.9 Å². The molecule has 2 atom stereocenters. The molecule has 128 valence electrons. The van der Waals surface area contributed by atoms with Crippen LogP contribution in [0.3, 0.4) is 0 Å². The molecule has 1 fully saturated rings. The normalized spacial score (nSPS) is 19.3. The first-order valence-corrected chi connectivity index (χ1v) is 8.23. The maximum absolute atomic E-state index is 12.9. The van der Waals surface area contributed by atoms with Gasteiger partial charge in [-0.25, -0.2) is 0 Å². The number of morpholine rings is 1. The van der Waals surface area contributed by atoms with Gasteiger partial charge in [0.05, 0.1) is 13.2 Å². The van der Waals surface area contributed by atoms with Gasteiger partial charge in [-0.1, -0.05) is 23.7 Å². The molecule has 1 heterocycles. The Morgan fingerprint density at radius 2 is 2.00 bits per heavy atom. The molecule has 0 amide bonds. The monoisotopic (exact) mass is 340 g/mol. The molecule has 0 saturated carbocycles. The number of nitrogens with one attached hydrogen (secondary N) is 1. The lowest BCUT2D eigenvalue weighted by atomic mass is 9.98. The van der Waals surface area contributed by atoms with Crippen molar-refractivity contribution in [2.45, 2.75) is 38.6 Å². The highest BCUT2D eigenvalue weighted by atomic mass is 35.5. The van der Waals surface area contributed by atoms with Crippen LogP contribution in [-0.2, 0) is 4.74 Å². The van der Waals surface area contributed by atoms with E-state index in [0.717, 1.165) is 0 Å². The predicted octanol–water partition coefficient (Wildman–Crippen LogP) is 1.93. The quantitative estimate of drug-likeness (QED) is 0.802. The Morgan fingerprint density at radius 3 is 2.57 bits per heavy atom. The van der Waals surface area contributed by atoms with E-state index in [2.05, 4.69) is 5.32 Å². The van der Waals surface area contributed by atoms with Gasteiger partial charge in [-0.05, 0) is 32.9 Å². The second-order valence-electron chi connectivity index (χ2n) is 6.81. The van der Waals surface area contributed by atoms with E-state index < -0.39 is 12.3 Å². The van der Waals surface area contributed by atoms with Crippen molar-refractivity contribution in [2.24, 2.45) is 0 Å². The first-order valence-electron chi connectivity index (χ1n) is 7.85. The number of halogens is 1. The third kappa shape index (κ3) is 5.26. The second kappa shape index (κ2) is 7.73. The van der Waals surface area contributed by atoms with Gasteiger partial charge >= 0.3 is 0 Å². The molecule has 1 saturated heterocycles. The van der Waals surface area contributed by atoms with Crippen LogP contribution in [-0.4, -0.2) is 59.9 Å². The van der Waals surface area contributed by atoms with Crippen molar-refractivity contribution in [3.8, 4) is 0 Å². The van der Waals surface area contributed by atoms with E-state index in [-0.39, 0.29) is 11.3 Å². The standard InChI is InChI=1S/C17H25ClN2O3/c1-17(2,3)19-14(16(22)20-7-9-23-10-8-20)15(21)12-5-4-6-13(18)11-12/h4-6,11,14,16,19,22H,7-10H2,1-3H3. The number of ether oxygens (including phenoxy) is 1. The number of nitrogens with zero attached hydrogens (tertiary/aromatic N) is 1. The molecule has 5 nitrogen and oxygen atoms in total. The zero-order valence-electron chi connectivity index (χ0n) is 13.9. The van der Waals surface area contributed by atoms with Gasteiger partial charge in [0.15, 0.2) is 5.78 Å². The third-order valence-electron chi connectivity index (χ3n) is 3.70. The number of carbonyl (C=O) groups excluding carboxylic acids is 1. The number of aliphatic hydroxyl groups excluding tert-OH is 1. The lowest BCUT2D eigenvalue weighted by molar-refractivity contribution is -0.0718. The molecule has 0 spiro atoms. The summed E-state index contributed by atoms with van der Waals surface area (Å²) in [4.78, 5) is 14.8. The molecule has 0 radical (unpaired) electrons. The minimum atomic E-state index is -0.912. The maximum atomic E-state index is 12.9. The van der Waals surface area contributed by atoms with Gasteiger partial charge in [-0.2, -0.15) is 0 Å². The number of ketones is 1. The highest BCUT2D eigenvalue weighted by Gasteiger charge is 2.35. The fourth-order valence-corrected chi connectivity index (χ4v) is 2.81. The summed E-state index contributed by atoms with van der Waals surface area (Å²) >= 11 is 5.99. The number of hydrogen-bond acceptors (Lipinski definition) is 5. The van der Waals surface area contributed by atoms with E-state index in [1.54, 1.807) is 24.3 Å². The average molecular weight is 341 g/mol. The molecule has 2 unspecified atom stereocenters. The molecule has 6 heteroatoms. The lowest BCUT2D eigenvalue weighted by Gasteiger charge is -2.38. The van der Waals surface area contributed by atoms with Crippen molar-refractivity contribution < 1.29 is 14.6 Å². The minimum absolute atomic E-state index is 0.165. The molecule has 1 aliphatic rings. The van der Waals surface area contributed by atoms with Crippen LogP contribution >= 0.6 is 11.6 Å². The summed E-state index contributed by atoms with van der Waals surface area (Å²) in [5, 5.41) is 14.5. The summed E-state index contributed by atoms with van der Waals surface area (Å²) in [7, 11) is 0. The summed E-state index contributed by atoms with van der Waals surface area (Å²) in [6, 6.07) is 6.09. The molecule has 23 heavy (non-hydrogen) atoms. The minimum Gasteiger partial charge on any atom is -0.379 e. The van der Waals surface area contributed by atoms with Gasteiger partial charge in [-0.3, -0.25) is 15.0 Å². The SMILES string of the molecule is CC(C)(C)NC(C(=O)c1cccc(Cl)c1)C(O)N1CCOCC1. The zero-order valence-corrected chi connectivity index (χ0v) is 14.6. The van der Waals surface area contributed by atoms with Crippen molar-refractivity contribution >= 4 is 17.4 Å². The Labute approximate surface area is 142 Å². The zero-order chi connectivity index (χ0) is 17.0. The molecule has 1 aliphatic heterocycles. The molecule has 2 rings (SSSR count). The highest BCUT2D eigenvalue weighted by Crippen LogP contribution is 2.17. The first-order chi connectivity index (χ1) is 10.8. The van der Waals surface area contributed by atoms with Gasteiger partial charge in [0, 0.05) is 29.2 Å². The van der Waals surface area contributed by atoms with Crippen LogP contribution in [0.2, 0.25) is 5.02 Å². The summed E-state index contributed by atoms with van der Waals surface area (Å²) in [6.45, 7) is 8.24. The van der Waals surface area contributed by atoms with E-state index >= 15 is 0 Å². The molecule has 2 N–H and O–H groups in total. The number of hydrogen-bond donors (Lipinski definition) is 2. The van der Waals surface area contributed by atoms with E-state index in [9.17, 15) is 9.90 Å². The number of benzene rings is 1. The average Bonchev–Trinajstić information content (AvgIpc) is 2.51. The maximum Gasteiger partial charge on any atom is 0.183 e. The summed E-state index contributed by atoms with van der Waals surface area (Å²) in [5.41, 5.74) is 0.179. The van der Waals surface area contributed by atoms with Crippen LogP contribution in [0.4, 0.5) is 0 Å². The van der Waals surface area contributed by atoms with Crippen LogP contribution in [0.15, 0.2) is 24.3 Å². The number of Topliss-reactive ketones (excluding diaryl/α,β-unsaturated/α-hetero) is 1. The van der Waals surface area contributed by atoms with Gasteiger partial charge in [0.1, 0.15) is 12.3 Å². The molecule has 0 aromatic heterocycles. The molecule has 1 aromatic carbocycles. The van der Waals surface area contributed by atoms with E-state index in [1.807, 2.05) is 25.7 Å². The largest absolute Gasteiger partial charge is 0.379 e. The fraction of sp³-hybridized carbons (Fsp3) is 0.588. The fourth-order valence-electron chi connectivity index (χ4n) is 2.62. The number of carbonyl (C=O) groups is 1. The third-order valence-corrected chi connectivity index (χ3v) is 3.93. The highest BCUT2D eigenvalue weighted by molar-refractivity contribution is 6.31. The van der Waals surface area contributed by atoms with Crippen LogP contribution in [0.1, 0.15) is 31.1 Å². The lowest BCUT2D eigenvalue weighted by Crippen LogP contribution is -2.60. The Kier molecular flexibility index (Phi) is 6.17. The molecule has 0 bridgehead atoms. The molecule has 0 aliphatic carbocycles. The van der Waals surface area contributed by atoms with Crippen molar-refractivity contribution in [2.75, 3.05) is 26.3 Å². The van der Waals surface area contributed by atoms with E-state index in [4.69, 9.17) is 16.3 Å². The topological polar surface area (TPSA) is 61.8 Å². The van der Waals surface area contributed by atoms with Crippen LogP contribution in [0, 0.1) is 0 Å². The van der Waals surface area contributed by atoms with Crippen molar-refractivity contribution in [3.05, 3.63) is 34.9 Å². The Morgan fingerprint density at radius 1 is 1.35 bits per heavy atom. The Hall–Kier alpha value is -0.980. The van der Waals surface area contributed by atoms with Crippen molar-refractivity contribution in [1.29, 1.82) is 0 Å². The summed E-state index contributed by atoms with van der Waals surface area (Å²) < 4.78 is 5.32. The Balaban J connectivity index is 2.23. The van der Waals surface area contributed by atoms with Gasteiger partial charge in [0.25, 0.3) is 0 Å². The van der Waals surface area contributed by atoms with Gasteiger partial charge in [-0.15, -0.1) is 0 Å². The second-order valence-corrected chi connectivity index (χ2v) is 7.24. The molecular formula is C17H25ClN2O3.